The van der Waals surface area contributed by atoms with Crippen molar-refractivity contribution in [1.82, 2.24) is 5.32 Å². The molecule has 0 aliphatic carbocycles. The Morgan fingerprint density at radius 1 is 1.00 bits per heavy atom. The first-order valence-corrected chi connectivity index (χ1v) is 7.38. The largest absolute Gasteiger partial charge is 0.454 e. The second-order valence-corrected chi connectivity index (χ2v) is 5.54. The molecule has 3 rings (SSSR count). The number of fused-ring (bicyclic) bond motifs is 1. The van der Waals surface area contributed by atoms with Gasteiger partial charge in [-0.05, 0) is 55.6 Å². The number of ether oxygens (including phenoxy) is 2. The fraction of sp³-hybridized carbons (Fsp3) is 0.333. The first-order valence-electron chi connectivity index (χ1n) is 7.38. The van der Waals surface area contributed by atoms with Gasteiger partial charge in [0.1, 0.15) is 0 Å². The van der Waals surface area contributed by atoms with Crippen molar-refractivity contribution in [1.29, 1.82) is 0 Å². The minimum Gasteiger partial charge on any atom is -0.454 e. The number of aryl methyl sites for hydroxylation is 2. The SMILES string of the molecule is Cc1ccc(CNCCc2ccc3c(c2)OCO3)c(C)c1. The van der Waals surface area contributed by atoms with Crippen LogP contribution in [0.3, 0.4) is 0 Å². The van der Waals surface area contributed by atoms with Gasteiger partial charge in [-0.3, -0.25) is 0 Å². The molecule has 0 aromatic heterocycles. The van der Waals surface area contributed by atoms with Gasteiger partial charge in [0, 0.05) is 6.54 Å². The standard InChI is InChI=1S/C18H21NO2/c1-13-3-5-16(14(2)9-13)11-19-8-7-15-4-6-17-18(10-15)21-12-20-17/h3-6,9-10,19H,7-8,11-12H2,1-2H3. The van der Waals surface area contributed by atoms with Crippen LogP contribution >= 0.6 is 0 Å². The molecule has 1 heterocycles. The second-order valence-electron chi connectivity index (χ2n) is 5.54. The van der Waals surface area contributed by atoms with Gasteiger partial charge in [0.25, 0.3) is 0 Å². The highest BCUT2D eigenvalue weighted by atomic mass is 16.7. The van der Waals surface area contributed by atoms with Gasteiger partial charge in [0.15, 0.2) is 11.5 Å². The zero-order valence-corrected chi connectivity index (χ0v) is 12.6. The van der Waals surface area contributed by atoms with Gasteiger partial charge in [-0.2, -0.15) is 0 Å². The molecule has 3 heteroatoms. The van der Waals surface area contributed by atoms with Gasteiger partial charge in [-0.1, -0.05) is 29.8 Å². The summed E-state index contributed by atoms with van der Waals surface area (Å²) in [6.07, 6.45) is 0.988. The van der Waals surface area contributed by atoms with Gasteiger partial charge in [0.2, 0.25) is 6.79 Å². The average molecular weight is 283 g/mol. The van der Waals surface area contributed by atoms with E-state index in [9.17, 15) is 0 Å². The van der Waals surface area contributed by atoms with E-state index < -0.39 is 0 Å². The minimum atomic E-state index is 0.337. The molecule has 0 saturated carbocycles. The fourth-order valence-electron chi connectivity index (χ4n) is 2.60. The quantitative estimate of drug-likeness (QED) is 0.853. The lowest BCUT2D eigenvalue weighted by molar-refractivity contribution is 0.174. The van der Waals surface area contributed by atoms with Crippen LogP contribution in [0.25, 0.3) is 0 Å². The highest BCUT2D eigenvalue weighted by Crippen LogP contribution is 2.32. The summed E-state index contributed by atoms with van der Waals surface area (Å²) in [5.41, 5.74) is 5.31. The van der Waals surface area contributed by atoms with Crippen LogP contribution in [0.1, 0.15) is 22.3 Å². The molecule has 0 spiro atoms. The summed E-state index contributed by atoms with van der Waals surface area (Å²) in [5, 5.41) is 3.51. The van der Waals surface area contributed by atoms with E-state index in [0.29, 0.717) is 6.79 Å². The van der Waals surface area contributed by atoms with Crippen LogP contribution in [0.5, 0.6) is 11.5 Å². The molecule has 0 unspecified atom stereocenters. The third-order valence-electron chi connectivity index (χ3n) is 3.84. The Hall–Kier alpha value is -2.00. The van der Waals surface area contributed by atoms with Crippen LogP contribution in [-0.2, 0) is 13.0 Å². The Morgan fingerprint density at radius 2 is 1.86 bits per heavy atom. The predicted molar refractivity (Wildman–Crippen MR) is 83.9 cm³/mol. The summed E-state index contributed by atoms with van der Waals surface area (Å²) in [6, 6.07) is 12.8. The van der Waals surface area contributed by atoms with Crippen molar-refractivity contribution >= 4 is 0 Å². The molecule has 1 aliphatic rings. The van der Waals surface area contributed by atoms with Crippen molar-refractivity contribution in [3.8, 4) is 11.5 Å². The Balaban J connectivity index is 1.50. The van der Waals surface area contributed by atoms with Crippen LogP contribution in [0.4, 0.5) is 0 Å². The van der Waals surface area contributed by atoms with Crippen molar-refractivity contribution in [3.63, 3.8) is 0 Å². The fourth-order valence-corrected chi connectivity index (χ4v) is 2.60. The van der Waals surface area contributed by atoms with E-state index in [1.54, 1.807) is 0 Å². The van der Waals surface area contributed by atoms with Crippen LogP contribution in [-0.4, -0.2) is 13.3 Å². The third kappa shape index (κ3) is 3.37. The predicted octanol–water partition coefficient (Wildman–Crippen LogP) is 3.36. The van der Waals surface area contributed by atoms with Crippen LogP contribution < -0.4 is 14.8 Å². The van der Waals surface area contributed by atoms with Gasteiger partial charge in [0.05, 0.1) is 0 Å². The van der Waals surface area contributed by atoms with Crippen molar-refractivity contribution in [2.24, 2.45) is 0 Å². The third-order valence-corrected chi connectivity index (χ3v) is 3.84. The zero-order chi connectivity index (χ0) is 14.7. The average Bonchev–Trinajstić information content (AvgIpc) is 2.93. The summed E-state index contributed by atoms with van der Waals surface area (Å²) >= 11 is 0. The van der Waals surface area contributed by atoms with E-state index in [1.165, 1.54) is 22.3 Å². The molecule has 1 N–H and O–H groups in total. The summed E-state index contributed by atoms with van der Waals surface area (Å²) in [4.78, 5) is 0. The smallest absolute Gasteiger partial charge is 0.231 e. The molecular weight excluding hydrogens is 262 g/mol. The topological polar surface area (TPSA) is 30.5 Å². The molecule has 21 heavy (non-hydrogen) atoms. The molecule has 1 aliphatic heterocycles. The molecule has 0 radical (unpaired) electrons. The molecule has 2 aromatic rings. The Morgan fingerprint density at radius 3 is 2.71 bits per heavy atom. The van der Waals surface area contributed by atoms with E-state index in [2.05, 4.69) is 49.5 Å². The molecule has 0 bridgehead atoms. The second kappa shape index (κ2) is 6.19. The monoisotopic (exact) mass is 283 g/mol. The van der Waals surface area contributed by atoms with E-state index in [4.69, 9.17) is 9.47 Å². The normalized spacial score (nSPS) is 12.7. The van der Waals surface area contributed by atoms with E-state index in [0.717, 1.165) is 31.0 Å². The first kappa shape index (κ1) is 14.0. The number of benzene rings is 2. The molecule has 0 saturated heterocycles. The number of hydrogen-bond donors (Lipinski definition) is 1. The molecule has 3 nitrogen and oxygen atoms in total. The number of hydrogen-bond acceptors (Lipinski definition) is 3. The van der Waals surface area contributed by atoms with Crippen molar-refractivity contribution in [3.05, 3.63) is 58.7 Å². The molecule has 0 fully saturated rings. The van der Waals surface area contributed by atoms with Gasteiger partial charge >= 0.3 is 0 Å². The van der Waals surface area contributed by atoms with E-state index in [1.807, 2.05) is 6.07 Å². The van der Waals surface area contributed by atoms with Crippen LogP contribution in [0.15, 0.2) is 36.4 Å². The minimum absolute atomic E-state index is 0.337. The lowest BCUT2D eigenvalue weighted by Gasteiger charge is -2.09. The molecule has 0 atom stereocenters. The van der Waals surface area contributed by atoms with E-state index in [-0.39, 0.29) is 0 Å². The van der Waals surface area contributed by atoms with Crippen LogP contribution in [0, 0.1) is 13.8 Å². The molecule has 110 valence electrons. The molecular formula is C18H21NO2. The van der Waals surface area contributed by atoms with Gasteiger partial charge in [-0.25, -0.2) is 0 Å². The maximum absolute atomic E-state index is 5.40. The van der Waals surface area contributed by atoms with Crippen molar-refractivity contribution in [2.75, 3.05) is 13.3 Å². The highest BCUT2D eigenvalue weighted by molar-refractivity contribution is 5.44. The lowest BCUT2D eigenvalue weighted by Crippen LogP contribution is -2.17. The number of rotatable bonds is 5. The van der Waals surface area contributed by atoms with Gasteiger partial charge in [-0.15, -0.1) is 0 Å². The molecule has 0 amide bonds. The Kier molecular flexibility index (Phi) is 4.11. The maximum Gasteiger partial charge on any atom is 0.231 e. The zero-order valence-electron chi connectivity index (χ0n) is 12.6. The summed E-state index contributed by atoms with van der Waals surface area (Å²) in [6.45, 7) is 6.50. The maximum atomic E-state index is 5.40. The van der Waals surface area contributed by atoms with E-state index >= 15 is 0 Å². The summed E-state index contributed by atoms with van der Waals surface area (Å²) < 4.78 is 10.7. The summed E-state index contributed by atoms with van der Waals surface area (Å²) in [7, 11) is 0. The highest BCUT2D eigenvalue weighted by Gasteiger charge is 2.12. The Bertz CT molecular complexity index is 637. The molecule has 2 aromatic carbocycles. The van der Waals surface area contributed by atoms with Crippen LogP contribution in [0.2, 0.25) is 0 Å². The number of nitrogens with one attached hydrogen (secondary N) is 1. The lowest BCUT2D eigenvalue weighted by atomic mass is 10.1. The summed E-state index contributed by atoms with van der Waals surface area (Å²) in [5.74, 6) is 1.71. The first-order chi connectivity index (χ1) is 10.2. The van der Waals surface area contributed by atoms with Crippen molar-refractivity contribution in [2.45, 2.75) is 26.8 Å². The Labute approximate surface area is 125 Å². The van der Waals surface area contributed by atoms with Gasteiger partial charge < -0.3 is 14.8 Å². The van der Waals surface area contributed by atoms with Crippen molar-refractivity contribution < 1.29 is 9.47 Å².